The van der Waals surface area contributed by atoms with Crippen LogP contribution in [0, 0.1) is 0 Å². The van der Waals surface area contributed by atoms with E-state index in [1.165, 1.54) is 16.4 Å². The molecule has 108 valence electrons. The summed E-state index contributed by atoms with van der Waals surface area (Å²) in [5, 5.41) is 25.8. The number of benzene rings is 1. The molecule has 0 bridgehead atoms. The molecule has 0 spiro atoms. The van der Waals surface area contributed by atoms with Crippen LogP contribution >= 0.6 is 11.8 Å². The largest absolute Gasteiger partial charge is 0.480 e. The highest BCUT2D eigenvalue weighted by Gasteiger charge is 2.13. The fourth-order valence-corrected chi connectivity index (χ4v) is 2.88. The number of hydrogen-bond donors (Lipinski definition) is 1. The van der Waals surface area contributed by atoms with E-state index in [2.05, 4.69) is 20.6 Å². The molecule has 0 atom stereocenters. The van der Waals surface area contributed by atoms with Gasteiger partial charge in [-0.2, -0.15) is 5.10 Å². The number of thioether (sulfide) groups is 1. The molecule has 8 nitrogen and oxygen atoms in total. The molecular formula is C12H12N6O2S. The lowest BCUT2D eigenvalue weighted by atomic mass is 10.2. The van der Waals surface area contributed by atoms with Gasteiger partial charge in [-0.05, 0) is 16.5 Å². The summed E-state index contributed by atoms with van der Waals surface area (Å²) in [5.74, 6) is -0.408. The molecule has 1 aromatic carbocycles. The number of rotatable bonds is 5. The lowest BCUT2D eigenvalue weighted by Crippen LogP contribution is -2.11. The number of aryl methyl sites for hydroxylation is 1. The highest BCUT2D eigenvalue weighted by atomic mass is 32.2. The first-order chi connectivity index (χ1) is 10.1. The number of nitrogens with zero attached hydrogens (tertiary/aromatic N) is 6. The van der Waals surface area contributed by atoms with E-state index in [1.807, 2.05) is 36.0 Å². The number of carboxylic acid groups (broad SMARTS) is 1. The molecule has 0 saturated heterocycles. The van der Waals surface area contributed by atoms with Crippen molar-refractivity contribution in [1.82, 2.24) is 30.0 Å². The molecule has 0 aliphatic heterocycles. The zero-order valence-corrected chi connectivity index (χ0v) is 12.0. The zero-order valence-electron chi connectivity index (χ0n) is 11.2. The Kier molecular flexibility index (Phi) is 3.57. The Labute approximate surface area is 123 Å². The minimum atomic E-state index is -0.979. The maximum atomic E-state index is 10.7. The van der Waals surface area contributed by atoms with Gasteiger partial charge in [0.1, 0.15) is 6.54 Å². The van der Waals surface area contributed by atoms with Crippen molar-refractivity contribution < 1.29 is 9.90 Å². The number of fused-ring (bicyclic) bond motifs is 1. The first-order valence-electron chi connectivity index (χ1n) is 6.16. The van der Waals surface area contributed by atoms with Gasteiger partial charge >= 0.3 is 5.97 Å². The number of hydrogen-bond acceptors (Lipinski definition) is 6. The number of aromatic nitrogens is 6. The van der Waals surface area contributed by atoms with Crippen molar-refractivity contribution in [3.8, 4) is 0 Å². The van der Waals surface area contributed by atoms with Crippen LogP contribution in [0.5, 0.6) is 0 Å². The maximum absolute atomic E-state index is 10.7. The SMILES string of the molecule is Cn1nc(CSc2nnnn2CC(=O)O)c2ccccc21. The van der Waals surface area contributed by atoms with Crippen molar-refractivity contribution in [2.45, 2.75) is 17.5 Å². The van der Waals surface area contributed by atoms with E-state index in [4.69, 9.17) is 5.11 Å². The van der Waals surface area contributed by atoms with Crippen molar-refractivity contribution >= 4 is 28.6 Å². The molecular weight excluding hydrogens is 292 g/mol. The van der Waals surface area contributed by atoms with Gasteiger partial charge in [-0.25, -0.2) is 4.68 Å². The second kappa shape index (κ2) is 5.52. The second-order valence-corrected chi connectivity index (χ2v) is 5.33. The van der Waals surface area contributed by atoms with Gasteiger partial charge in [0, 0.05) is 18.2 Å². The number of carbonyl (C=O) groups is 1. The van der Waals surface area contributed by atoms with E-state index in [0.29, 0.717) is 10.9 Å². The molecule has 1 N–H and O–H groups in total. The van der Waals surface area contributed by atoms with Crippen LogP contribution < -0.4 is 0 Å². The molecule has 0 amide bonds. The summed E-state index contributed by atoms with van der Waals surface area (Å²) in [5.41, 5.74) is 1.97. The Morgan fingerprint density at radius 1 is 1.38 bits per heavy atom. The summed E-state index contributed by atoms with van der Waals surface area (Å²) in [4.78, 5) is 10.7. The van der Waals surface area contributed by atoms with Crippen molar-refractivity contribution in [2.75, 3.05) is 0 Å². The van der Waals surface area contributed by atoms with Crippen LogP contribution in [0.15, 0.2) is 29.4 Å². The standard InChI is InChI=1S/C12H12N6O2S/c1-17-10-5-3-2-4-8(10)9(14-17)7-21-12-13-15-16-18(12)6-11(19)20/h2-5H,6-7H2,1H3,(H,19,20). The Bertz CT molecular complexity index is 796. The number of aliphatic carboxylic acids is 1. The van der Waals surface area contributed by atoms with Crippen LogP contribution in [0.4, 0.5) is 0 Å². The number of para-hydroxylation sites is 1. The Morgan fingerprint density at radius 2 is 2.19 bits per heavy atom. The number of carboxylic acids is 1. The third-order valence-corrected chi connectivity index (χ3v) is 3.92. The quantitative estimate of drug-likeness (QED) is 0.700. The first kappa shape index (κ1) is 13.6. The van der Waals surface area contributed by atoms with E-state index in [9.17, 15) is 4.79 Å². The number of tetrazole rings is 1. The monoisotopic (exact) mass is 304 g/mol. The van der Waals surface area contributed by atoms with Gasteiger partial charge < -0.3 is 5.11 Å². The molecule has 0 aliphatic carbocycles. The van der Waals surface area contributed by atoms with Crippen LogP contribution in [0.3, 0.4) is 0 Å². The van der Waals surface area contributed by atoms with Gasteiger partial charge in [-0.3, -0.25) is 9.48 Å². The summed E-state index contributed by atoms with van der Waals surface area (Å²) >= 11 is 1.36. The Morgan fingerprint density at radius 3 is 3.00 bits per heavy atom. The average Bonchev–Trinajstić information content (AvgIpc) is 3.02. The summed E-state index contributed by atoms with van der Waals surface area (Å²) in [6, 6.07) is 7.95. The summed E-state index contributed by atoms with van der Waals surface area (Å²) < 4.78 is 3.09. The van der Waals surface area contributed by atoms with Crippen molar-refractivity contribution in [3.05, 3.63) is 30.0 Å². The molecule has 21 heavy (non-hydrogen) atoms. The maximum Gasteiger partial charge on any atom is 0.325 e. The van der Waals surface area contributed by atoms with E-state index >= 15 is 0 Å². The fraction of sp³-hybridized carbons (Fsp3) is 0.250. The summed E-state index contributed by atoms with van der Waals surface area (Å²) in [6.07, 6.45) is 0. The van der Waals surface area contributed by atoms with Gasteiger partial charge in [0.2, 0.25) is 5.16 Å². The van der Waals surface area contributed by atoms with E-state index < -0.39 is 5.97 Å². The van der Waals surface area contributed by atoms with Crippen LogP contribution in [0.25, 0.3) is 10.9 Å². The van der Waals surface area contributed by atoms with E-state index in [0.717, 1.165) is 16.6 Å². The zero-order chi connectivity index (χ0) is 14.8. The summed E-state index contributed by atoms with van der Waals surface area (Å²) in [7, 11) is 1.89. The molecule has 0 radical (unpaired) electrons. The highest BCUT2D eigenvalue weighted by Crippen LogP contribution is 2.24. The first-order valence-corrected chi connectivity index (χ1v) is 7.15. The third-order valence-electron chi connectivity index (χ3n) is 2.96. The predicted molar refractivity (Wildman–Crippen MR) is 75.7 cm³/mol. The molecule has 2 aromatic heterocycles. The summed E-state index contributed by atoms with van der Waals surface area (Å²) in [6.45, 7) is -0.252. The molecule has 2 heterocycles. The van der Waals surface area contributed by atoms with Crippen molar-refractivity contribution in [3.63, 3.8) is 0 Å². The average molecular weight is 304 g/mol. The van der Waals surface area contributed by atoms with E-state index in [1.54, 1.807) is 0 Å². The van der Waals surface area contributed by atoms with Gasteiger partial charge in [0.05, 0.1) is 11.2 Å². The van der Waals surface area contributed by atoms with Gasteiger partial charge in [-0.15, -0.1) is 5.10 Å². The van der Waals surface area contributed by atoms with Crippen molar-refractivity contribution in [2.24, 2.45) is 7.05 Å². The minimum absolute atomic E-state index is 0.252. The Hall–Kier alpha value is -2.42. The van der Waals surface area contributed by atoms with Gasteiger partial charge in [-0.1, -0.05) is 30.0 Å². The molecule has 0 fully saturated rings. The Balaban J connectivity index is 1.81. The molecule has 9 heteroatoms. The minimum Gasteiger partial charge on any atom is -0.480 e. The van der Waals surface area contributed by atoms with Gasteiger partial charge in [0.25, 0.3) is 0 Å². The third kappa shape index (κ3) is 2.72. The van der Waals surface area contributed by atoms with Crippen LogP contribution in [-0.2, 0) is 24.1 Å². The van der Waals surface area contributed by atoms with Crippen LogP contribution in [0.2, 0.25) is 0 Å². The highest BCUT2D eigenvalue weighted by molar-refractivity contribution is 7.98. The van der Waals surface area contributed by atoms with Gasteiger partial charge in [0.15, 0.2) is 0 Å². The molecule has 0 unspecified atom stereocenters. The smallest absolute Gasteiger partial charge is 0.325 e. The van der Waals surface area contributed by atoms with Crippen LogP contribution in [0.1, 0.15) is 5.69 Å². The predicted octanol–water partition coefficient (Wildman–Crippen LogP) is 0.937. The molecule has 0 aliphatic rings. The molecule has 3 rings (SSSR count). The van der Waals surface area contributed by atoms with Crippen LogP contribution in [-0.4, -0.2) is 41.1 Å². The topological polar surface area (TPSA) is 98.7 Å². The lowest BCUT2D eigenvalue weighted by molar-refractivity contribution is -0.138. The normalized spacial score (nSPS) is 11.1. The molecule has 0 saturated carbocycles. The fourth-order valence-electron chi connectivity index (χ4n) is 2.06. The second-order valence-electron chi connectivity index (χ2n) is 4.39. The lowest BCUT2D eigenvalue weighted by Gasteiger charge is -2.00. The van der Waals surface area contributed by atoms with Crippen molar-refractivity contribution in [1.29, 1.82) is 0 Å². The van der Waals surface area contributed by atoms with E-state index in [-0.39, 0.29) is 6.54 Å². The molecule has 3 aromatic rings.